The van der Waals surface area contributed by atoms with Crippen LogP contribution in [0.3, 0.4) is 0 Å². The predicted molar refractivity (Wildman–Crippen MR) is 104 cm³/mol. The monoisotopic (exact) mass is 409 g/mol. The van der Waals surface area contributed by atoms with Crippen LogP contribution in [0.5, 0.6) is 5.75 Å². The number of esters is 1. The molecule has 3 rings (SSSR count). The van der Waals surface area contributed by atoms with Gasteiger partial charge in [-0.25, -0.2) is 13.6 Å². The third kappa shape index (κ3) is 4.79. The Morgan fingerprint density at radius 3 is 2.47 bits per heavy atom. The summed E-state index contributed by atoms with van der Waals surface area (Å²) >= 11 is 0. The molecule has 0 saturated carbocycles. The first kappa shape index (κ1) is 20.5. The molecule has 0 heterocycles. The summed E-state index contributed by atoms with van der Waals surface area (Å²) in [4.78, 5) is 35.1. The minimum atomic E-state index is -0.961. The van der Waals surface area contributed by atoms with E-state index in [0.29, 0.717) is 0 Å². The van der Waals surface area contributed by atoms with Crippen molar-refractivity contribution in [1.29, 1.82) is 0 Å². The zero-order valence-electron chi connectivity index (χ0n) is 15.2. The second kappa shape index (κ2) is 8.87. The Labute approximate surface area is 169 Å². The lowest BCUT2D eigenvalue weighted by atomic mass is 10.1. The van der Waals surface area contributed by atoms with Gasteiger partial charge in [-0.3, -0.25) is 14.9 Å². The molecule has 0 aliphatic heterocycles. The first-order valence-electron chi connectivity index (χ1n) is 8.58. The number of carbonyl (C=O) groups is 2. The molecule has 0 radical (unpaired) electrons. The number of benzene rings is 3. The molecule has 8 heteroatoms. The number of ketones is 1. The number of hydrogen-bond acceptors (Lipinski definition) is 5. The van der Waals surface area contributed by atoms with Crippen molar-refractivity contribution in [3.63, 3.8) is 0 Å². The van der Waals surface area contributed by atoms with E-state index in [4.69, 9.17) is 4.74 Å². The maximum Gasteiger partial charge on any atom is 0.343 e. The van der Waals surface area contributed by atoms with Gasteiger partial charge in [0, 0.05) is 17.7 Å². The summed E-state index contributed by atoms with van der Waals surface area (Å²) in [6.07, 6.45) is 2.24. The van der Waals surface area contributed by atoms with Crippen molar-refractivity contribution in [1.82, 2.24) is 0 Å². The number of non-ortho nitro benzene ring substituents is 1. The first-order valence-corrected chi connectivity index (χ1v) is 8.58. The summed E-state index contributed by atoms with van der Waals surface area (Å²) in [7, 11) is 0. The molecule has 0 atom stereocenters. The zero-order chi connectivity index (χ0) is 21.7. The Hall–Kier alpha value is -4.20. The molecule has 0 amide bonds. The summed E-state index contributed by atoms with van der Waals surface area (Å²) in [6, 6.07) is 13.6. The quantitative estimate of drug-likeness (QED) is 0.143. The lowest BCUT2D eigenvalue weighted by molar-refractivity contribution is -0.384. The van der Waals surface area contributed by atoms with Crippen molar-refractivity contribution >= 4 is 23.5 Å². The van der Waals surface area contributed by atoms with Gasteiger partial charge in [-0.05, 0) is 42.5 Å². The number of halogens is 2. The van der Waals surface area contributed by atoms with Gasteiger partial charge < -0.3 is 4.74 Å². The lowest BCUT2D eigenvalue weighted by Gasteiger charge is -2.08. The van der Waals surface area contributed by atoms with Crippen molar-refractivity contribution in [3.05, 3.63) is 111 Å². The molecule has 0 N–H and O–H groups in total. The maximum atomic E-state index is 13.7. The highest BCUT2D eigenvalue weighted by Crippen LogP contribution is 2.23. The van der Waals surface area contributed by atoms with E-state index < -0.39 is 28.3 Å². The summed E-state index contributed by atoms with van der Waals surface area (Å²) in [5.41, 5.74) is -0.541. The third-order valence-corrected chi connectivity index (χ3v) is 4.02. The molecule has 3 aromatic carbocycles. The molecular formula is C22H13F2NO5. The van der Waals surface area contributed by atoms with Crippen molar-refractivity contribution in [2.45, 2.75) is 0 Å². The molecule has 0 bridgehead atoms. The average molecular weight is 409 g/mol. The number of ether oxygens (including phenoxy) is 1. The van der Waals surface area contributed by atoms with Gasteiger partial charge in [-0.2, -0.15) is 0 Å². The summed E-state index contributed by atoms with van der Waals surface area (Å²) in [5, 5.41) is 10.9. The normalized spacial score (nSPS) is 10.7. The van der Waals surface area contributed by atoms with Crippen LogP contribution in [0.1, 0.15) is 26.3 Å². The van der Waals surface area contributed by atoms with Crippen LogP contribution in [0.2, 0.25) is 0 Å². The highest BCUT2D eigenvalue weighted by molar-refractivity contribution is 6.09. The topological polar surface area (TPSA) is 86.5 Å². The molecule has 3 aromatic rings. The van der Waals surface area contributed by atoms with Crippen LogP contribution in [-0.4, -0.2) is 16.7 Å². The van der Waals surface area contributed by atoms with Crippen LogP contribution in [0.4, 0.5) is 14.5 Å². The van der Waals surface area contributed by atoms with Crippen LogP contribution in [0, 0.1) is 21.7 Å². The smallest absolute Gasteiger partial charge is 0.343 e. The first-order chi connectivity index (χ1) is 14.3. The Balaban J connectivity index is 1.87. The molecule has 0 aromatic heterocycles. The molecule has 0 fully saturated rings. The second-order valence-corrected chi connectivity index (χ2v) is 6.06. The van der Waals surface area contributed by atoms with Crippen LogP contribution in [0.25, 0.3) is 6.08 Å². The fourth-order valence-electron chi connectivity index (χ4n) is 2.55. The molecule has 30 heavy (non-hydrogen) atoms. The highest BCUT2D eigenvalue weighted by atomic mass is 19.1. The van der Waals surface area contributed by atoms with Crippen molar-refractivity contribution in [2.75, 3.05) is 0 Å². The van der Waals surface area contributed by atoms with E-state index in [2.05, 4.69) is 0 Å². The Kier molecular flexibility index (Phi) is 6.07. The van der Waals surface area contributed by atoms with Gasteiger partial charge in [0.1, 0.15) is 17.4 Å². The lowest BCUT2D eigenvalue weighted by Crippen LogP contribution is -2.11. The molecule has 0 unspecified atom stereocenters. The van der Waals surface area contributed by atoms with E-state index in [1.165, 1.54) is 42.5 Å². The van der Waals surface area contributed by atoms with Crippen molar-refractivity contribution in [2.24, 2.45) is 0 Å². The van der Waals surface area contributed by atoms with Gasteiger partial charge in [0.25, 0.3) is 5.69 Å². The number of hydrogen-bond donors (Lipinski definition) is 0. The van der Waals surface area contributed by atoms with Crippen molar-refractivity contribution in [3.8, 4) is 5.75 Å². The number of rotatable bonds is 6. The Morgan fingerprint density at radius 2 is 1.73 bits per heavy atom. The van der Waals surface area contributed by atoms with Gasteiger partial charge in [-0.15, -0.1) is 0 Å². The largest absolute Gasteiger partial charge is 0.422 e. The average Bonchev–Trinajstić information content (AvgIpc) is 2.74. The van der Waals surface area contributed by atoms with Gasteiger partial charge in [0.2, 0.25) is 0 Å². The number of carbonyl (C=O) groups excluding carboxylic acids is 2. The van der Waals surface area contributed by atoms with Gasteiger partial charge in [0.15, 0.2) is 5.78 Å². The highest BCUT2D eigenvalue weighted by Gasteiger charge is 2.18. The standard InChI is InChI=1S/C22H13F2NO5/c23-16-9-11-21(30-22(27)15-5-3-6-17(12-15)25(28)29)18(13-16)20(26)10-8-14-4-1-2-7-19(14)24/h1-13H. The van der Waals surface area contributed by atoms with Gasteiger partial charge >= 0.3 is 5.97 Å². The summed E-state index contributed by atoms with van der Waals surface area (Å²) < 4.78 is 32.5. The number of nitrogens with zero attached hydrogens (tertiary/aromatic N) is 1. The van der Waals surface area contributed by atoms with Crippen LogP contribution < -0.4 is 4.74 Å². The third-order valence-electron chi connectivity index (χ3n) is 4.02. The van der Waals surface area contributed by atoms with Gasteiger partial charge in [0.05, 0.1) is 16.1 Å². The van der Waals surface area contributed by atoms with E-state index in [1.807, 2.05) is 0 Å². The molecule has 0 spiro atoms. The molecule has 6 nitrogen and oxygen atoms in total. The number of nitro groups is 1. The molecule has 150 valence electrons. The molecule has 0 aliphatic carbocycles. The minimum absolute atomic E-state index is 0.117. The van der Waals surface area contributed by atoms with Gasteiger partial charge in [-0.1, -0.05) is 24.3 Å². The van der Waals surface area contributed by atoms with E-state index in [9.17, 15) is 28.5 Å². The summed E-state index contributed by atoms with van der Waals surface area (Å²) in [5.74, 6) is -3.21. The SMILES string of the molecule is O=C(Oc1ccc(F)cc1C(=O)C=Cc1ccccc1F)c1cccc([N+](=O)[O-])c1. The van der Waals surface area contributed by atoms with E-state index >= 15 is 0 Å². The van der Waals surface area contributed by atoms with E-state index in [0.717, 1.165) is 30.3 Å². The van der Waals surface area contributed by atoms with E-state index in [-0.39, 0.29) is 28.1 Å². The Morgan fingerprint density at radius 1 is 0.967 bits per heavy atom. The van der Waals surface area contributed by atoms with E-state index in [1.54, 1.807) is 6.07 Å². The summed E-state index contributed by atoms with van der Waals surface area (Å²) in [6.45, 7) is 0. The second-order valence-electron chi connectivity index (χ2n) is 6.06. The fourth-order valence-corrected chi connectivity index (χ4v) is 2.55. The maximum absolute atomic E-state index is 13.7. The minimum Gasteiger partial charge on any atom is -0.422 e. The fraction of sp³-hybridized carbons (Fsp3) is 0. The zero-order valence-corrected chi connectivity index (χ0v) is 15.2. The van der Waals surface area contributed by atoms with Crippen molar-refractivity contribution < 1.29 is 28.0 Å². The number of allylic oxidation sites excluding steroid dienone is 1. The predicted octanol–water partition coefficient (Wildman–Crippen LogP) is 4.99. The van der Waals surface area contributed by atoms with Crippen LogP contribution in [-0.2, 0) is 0 Å². The molecular weight excluding hydrogens is 396 g/mol. The number of nitro benzene ring substituents is 1. The van der Waals surface area contributed by atoms with Crippen LogP contribution >= 0.6 is 0 Å². The van der Waals surface area contributed by atoms with Crippen LogP contribution in [0.15, 0.2) is 72.8 Å². The Bertz CT molecular complexity index is 1170. The molecule has 0 aliphatic rings. The molecule has 0 saturated heterocycles.